The quantitative estimate of drug-likeness (QED) is 0.394. The molecule has 0 aliphatic carbocycles. The van der Waals surface area contributed by atoms with Crippen molar-refractivity contribution < 1.29 is 23.3 Å². The summed E-state index contributed by atoms with van der Waals surface area (Å²) in [5.74, 6) is 0.612. The molecule has 0 aromatic heterocycles. The Morgan fingerprint density at radius 2 is 1.71 bits per heavy atom. The van der Waals surface area contributed by atoms with E-state index in [1.54, 1.807) is 38.1 Å². The van der Waals surface area contributed by atoms with Crippen LogP contribution >= 0.6 is 7.60 Å². The van der Waals surface area contributed by atoms with Crippen LogP contribution in [0.1, 0.15) is 25.1 Å². The van der Waals surface area contributed by atoms with Crippen molar-refractivity contribution >= 4 is 7.60 Å². The fraction of sp³-hybridized carbons (Fsp3) is 0.538. The summed E-state index contributed by atoms with van der Waals surface area (Å²) in [5.41, 5.74) is -0.420. The lowest BCUT2D eigenvalue weighted by atomic mass is 10.1. The maximum absolute atomic E-state index is 12.8. The molecule has 0 fully saturated rings. The van der Waals surface area contributed by atoms with Gasteiger partial charge in [0, 0.05) is 4.92 Å². The molecule has 0 bridgehead atoms. The molecule has 1 aromatic carbocycles. The van der Waals surface area contributed by atoms with Gasteiger partial charge < -0.3 is 13.8 Å². The van der Waals surface area contributed by atoms with Crippen LogP contribution in [-0.2, 0) is 13.6 Å². The van der Waals surface area contributed by atoms with Gasteiger partial charge in [-0.05, 0) is 31.5 Å². The Kier molecular flexibility index (Phi) is 6.81. The molecule has 1 rings (SSSR count). The third-order valence-electron chi connectivity index (χ3n) is 2.82. The van der Waals surface area contributed by atoms with E-state index in [1.165, 1.54) is 7.11 Å². The number of ether oxygens (including phenoxy) is 1. The van der Waals surface area contributed by atoms with E-state index >= 15 is 0 Å². The van der Waals surface area contributed by atoms with Crippen LogP contribution in [0.2, 0.25) is 0 Å². The average Bonchev–Trinajstić information content (AvgIpc) is 2.45. The first-order valence-electron chi connectivity index (χ1n) is 6.61. The van der Waals surface area contributed by atoms with Crippen molar-refractivity contribution in [3.63, 3.8) is 0 Å². The Hall–Kier alpha value is -1.43. The van der Waals surface area contributed by atoms with Crippen molar-refractivity contribution in [2.24, 2.45) is 0 Å². The molecule has 0 unspecified atom stereocenters. The summed E-state index contributed by atoms with van der Waals surface area (Å²) in [7, 11) is -2.09. The van der Waals surface area contributed by atoms with Crippen molar-refractivity contribution in [1.82, 2.24) is 0 Å². The third-order valence-corrected chi connectivity index (χ3v) is 5.28. The summed E-state index contributed by atoms with van der Waals surface area (Å²) < 4.78 is 28.4. The lowest BCUT2D eigenvalue weighted by molar-refractivity contribution is -0.480. The Morgan fingerprint density at radius 3 is 2.10 bits per heavy atom. The minimum Gasteiger partial charge on any atom is -0.497 e. The summed E-state index contributed by atoms with van der Waals surface area (Å²) in [6.45, 7) is 3.12. The number of nitro groups is 1. The van der Waals surface area contributed by atoms with Gasteiger partial charge in [0.1, 0.15) is 5.75 Å². The molecule has 1 atom stereocenters. The minimum absolute atomic E-state index is 0.154. The standard InChI is InChI=1S/C13H20NO6P/c1-4-19-21(17,20-5-2)13(10-14(15)16)11-6-8-12(18-3)9-7-11/h6-9,13H,4-5,10H2,1-3H3/t13-/m1/s1. The SMILES string of the molecule is CCOP(=O)(OCC)[C@H](C[N+](=O)[O-])c1ccc(OC)cc1. The highest BCUT2D eigenvalue weighted by molar-refractivity contribution is 7.54. The van der Waals surface area contributed by atoms with Crippen LogP contribution in [-0.4, -0.2) is 31.8 Å². The highest BCUT2D eigenvalue weighted by atomic mass is 31.2. The Labute approximate surface area is 123 Å². The third kappa shape index (κ3) is 4.81. The zero-order chi connectivity index (χ0) is 15.9. The molecule has 8 heteroatoms. The van der Waals surface area contributed by atoms with Crippen molar-refractivity contribution in [2.75, 3.05) is 26.9 Å². The van der Waals surface area contributed by atoms with Gasteiger partial charge in [-0.1, -0.05) is 12.1 Å². The molecule has 0 saturated carbocycles. The number of methoxy groups -OCH3 is 1. The van der Waals surface area contributed by atoms with Crippen LogP contribution in [0.3, 0.4) is 0 Å². The molecule has 7 nitrogen and oxygen atoms in total. The first-order chi connectivity index (χ1) is 9.96. The predicted octanol–water partition coefficient (Wildman–Crippen LogP) is 3.28. The highest BCUT2D eigenvalue weighted by Crippen LogP contribution is 2.61. The molecule has 0 heterocycles. The van der Waals surface area contributed by atoms with Gasteiger partial charge in [-0.25, -0.2) is 0 Å². The molecular weight excluding hydrogens is 297 g/mol. The number of rotatable bonds is 9. The van der Waals surface area contributed by atoms with Gasteiger partial charge in [0.15, 0.2) is 5.66 Å². The van der Waals surface area contributed by atoms with Crippen LogP contribution in [0.15, 0.2) is 24.3 Å². The molecule has 0 amide bonds. The van der Waals surface area contributed by atoms with Gasteiger partial charge in [-0.15, -0.1) is 0 Å². The number of hydrogen-bond donors (Lipinski definition) is 0. The summed E-state index contributed by atoms with van der Waals surface area (Å²) in [5, 5.41) is 10.9. The largest absolute Gasteiger partial charge is 0.497 e. The van der Waals surface area contributed by atoms with Crippen LogP contribution in [0.25, 0.3) is 0 Å². The molecule has 0 N–H and O–H groups in total. The number of benzene rings is 1. The van der Waals surface area contributed by atoms with Crippen LogP contribution in [0, 0.1) is 10.1 Å². The van der Waals surface area contributed by atoms with Gasteiger partial charge in [-0.3, -0.25) is 14.7 Å². The Balaban J connectivity index is 3.18. The monoisotopic (exact) mass is 317 g/mol. The average molecular weight is 317 g/mol. The van der Waals surface area contributed by atoms with Crippen molar-refractivity contribution in [3.05, 3.63) is 39.9 Å². The zero-order valence-corrected chi connectivity index (χ0v) is 13.2. The number of hydrogen-bond acceptors (Lipinski definition) is 6. The van der Waals surface area contributed by atoms with Gasteiger partial charge in [0.25, 0.3) is 0 Å². The number of nitrogens with zero attached hydrogens (tertiary/aromatic N) is 1. The molecule has 0 spiro atoms. The first-order valence-corrected chi connectivity index (χ1v) is 8.22. The van der Waals surface area contributed by atoms with Crippen LogP contribution in [0.5, 0.6) is 5.75 Å². The van der Waals surface area contributed by atoms with E-state index in [4.69, 9.17) is 13.8 Å². The van der Waals surface area contributed by atoms with Gasteiger partial charge in [0.2, 0.25) is 6.54 Å². The molecular formula is C13H20NO6P. The molecule has 1 aromatic rings. The second-order valence-electron chi connectivity index (χ2n) is 4.18. The lowest BCUT2D eigenvalue weighted by Gasteiger charge is -2.24. The summed E-state index contributed by atoms with van der Waals surface area (Å²) in [6.07, 6.45) is 0. The predicted molar refractivity (Wildman–Crippen MR) is 78.5 cm³/mol. The normalized spacial score (nSPS) is 12.9. The van der Waals surface area contributed by atoms with E-state index in [-0.39, 0.29) is 13.2 Å². The molecule has 21 heavy (non-hydrogen) atoms. The summed E-state index contributed by atoms with van der Waals surface area (Å²) in [4.78, 5) is 10.4. The summed E-state index contributed by atoms with van der Waals surface area (Å²) in [6, 6.07) is 6.59. The Bertz CT molecular complexity index is 494. The second-order valence-corrected chi connectivity index (χ2v) is 6.40. The van der Waals surface area contributed by atoms with E-state index in [2.05, 4.69) is 0 Å². The minimum atomic E-state index is -3.61. The highest BCUT2D eigenvalue weighted by Gasteiger charge is 2.40. The van der Waals surface area contributed by atoms with Crippen molar-refractivity contribution in [1.29, 1.82) is 0 Å². The maximum atomic E-state index is 12.8. The van der Waals surface area contributed by atoms with Crippen molar-refractivity contribution in [2.45, 2.75) is 19.5 Å². The first kappa shape index (κ1) is 17.6. The maximum Gasteiger partial charge on any atom is 0.344 e. The molecule has 0 radical (unpaired) electrons. The molecule has 0 saturated heterocycles. The van der Waals surface area contributed by atoms with E-state index in [0.29, 0.717) is 11.3 Å². The molecule has 0 aliphatic rings. The Morgan fingerprint density at radius 1 is 1.19 bits per heavy atom. The van der Waals surface area contributed by atoms with E-state index in [9.17, 15) is 14.7 Å². The summed E-state index contributed by atoms with van der Waals surface area (Å²) >= 11 is 0. The van der Waals surface area contributed by atoms with E-state index < -0.39 is 24.7 Å². The smallest absolute Gasteiger partial charge is 0.344 e. The van der Waals surface area contributed by atoms with Gasteiger partial charge in [-0.2, -0.15) is 0 Å². The van der Waals surface area contributed by atoms with Gasteiger partial charge >= 0.3 is 7.60 Å². The lowest BCUT2D eigenvalue weighted by Crippen LogP contribution is -2.16. The van der Waals surface area contributed by atoms with Crippen molar-refractivity contribution in [3.8, 4) is 5.75 Å². The second kappa shape index (κ2) is 8.12. The van der Waals surface area contributed by atoms with Crippen LogP contribution in [0.4, 0.5) is 0 Å². The van der Waals surface area contributed by atoms with E-state index in [1.807, 2.05) is 0 Å². The fourth-order valence-corrected chi connectivity index (χ4v) is 3.96. The zero-order valence-electron chi connectivity index (χ0n) is 12.4. The topological polar surface area (TPSA) is 87.9 Å². The van der Waals surface area contributed by atoms with Gasteiger partial charge in [0.05, 0.1) is 20.3 Å². The molecule has 118 valence electrons. The van der Waals surface area contributed by atoms with Crippen LogP contribution < -0.4 is 4.74 Å². The van der Waals surface area contributed by atoms with E-state index in [0.717, 1.165) is 0 Å². The fourth-order valence-electron chi connectivity index (χ4n) is 1.93. The molecule has 0 aliphatic heterocycles.